The number of carboxylic acid groups (broad SMARTS) is 1. The smallest absolute Gasteiger partial charge is 0.290 e. The fourth-order valence-corrected chi connectivity index (χ4v) is 3.03. The largest absolute Gasteiger partial charge is 0.493 e. The fraction of sp³-hybridized carbons (Fsp3) is 0.421. The number of nitrogens with one attached hydrogen (secondary N) is 2. The molecule has 12 nitrogen and oxygen atoms in total. The summed E-state index contributed by atoms with van der Waals surface area (Å²) in [4.78, 5) is 37.0. The van der Waals surface area contributed by atoms with E-state index in [0.29, 0.717) is 30.0 Å². The summed E-state index contributed by atoms with van der Waals surface area (Å²) >= 11 is 0. The molecule has 2 aromatic rings. The number of aromatic nitrogens is 3. The van der Waals surface area contributed by atoms with Crippen LogP contribution in [-0.2, 0) is 32.6 Å². The number of ether oxygens (including phenoxy) is 3. The molecule has 2 heterocycles. The predicted molar refractivity (Wildman–Crippen MR) is 107 cm³/mol. The van der Waals surface area contributed by atoms with E-state index in [-0.39, 0.29) is 24.9 Å². The molecular weight excluding hydrogens is 410 g/mol. The second-order valence-electron chi connectivity index (χ2n) is 6.34. The molecule has 1 saturated heterocycles. The molecule has 0 spiro atoms. The molecule has 1 aliphatic heterocycles. The molecule has 12 heteroatoms. The van der Waals surface area contributed by atoms with E-state index in [1.807, 2.05) is 0 Å². The molecule has 0 unspecified atom stereocenters. The van der Waals surface area contributed by atoms with E-state index in [4.69, 9.17) is 24.1 Å². The SMILES string of the molecule is COc1ccc([C@H]2NC(=O)CO[C@@H]2C(=O)NCCc2ncnn2C)cc1OC.O=CO. The molecular formula is C19H25N5O7. The Balaban J connectivity index is 0.00000107. The average Bonchev–Trinajstić information content (AvgIpc) is 3.18. The van der Waals surface area contributed by atoms with Crippen LogP contribution in [0.1, 0.15) is 17.4 Å². The number of morpholine rings is 1. The standard InChI is InChI=1S/C18H23N5O5.CH2O2/c1-23-14(20-10-21-23)6-7-19-18(25)17-16(22-15(24)9-28-17)11-4-5-12(26-2)13(8-11)27-3;2-1-3/h4-5,8,10,16-17H,6-7,9H2,1-3H3,(H,19,25)(H,22,24);1H,(H,2,3)/t16-,17+;/m1./s1. The quantitative estimate of drug-likeness (QED) is 0.486. The van der Waals surface area contributed by atoms with Gasteiger partial charge in [-0.2, -0.15) is 5.10 Å². The second kappa shape index (κ2) is 11.5. The van der Waals surface area contributed by atoms with Crippen LogP contribution >= 0.6 is 0 Å². The van der Waals surface area contributed by atoms with Gasteiger partial charge in [-0.3, -0.25) is 19.1 Å². The molecule has 31 heavy (non-hydrogen) atoms. The Kier molecular flexibility index (Phi) is 8.76. The van der Waals surface area contributed by atoms with Crippen LogP contribution in [0.25, 0.3) is 0 Å². The number of methoxy groups -OCH3 is 2. The molecule has 1 aromatic carbocycles. The highest BCUT2D eigenvalue weighted by atomic mass is 16.5. The zero-order valence-corrected chi connectivity index (χ0v) is 17.4. The molecule has 2 amide bonds. The van der Waals surface area contributed by atoms with Crippen molar-refractivity contribution in [3.05, 3.63) is 35.9 Å². The van der Waals surface area contributed by atoms with Gasteiger partial charge in [-0.15, -0.1) is 0 Å². The molecule has 3 N–H and O–H groups in total. The number of benzene rings is 1. The molecule has 168 valence electrons. The third-order valence-corrected chi connectivity index (χ3v) is 4.49. The summed E-state index contributed by atoms with van der Waals surface area (Å²) in [7, 11) is 4.85. The highest BCUT2D eigenvalue weighted by Gasteiger charge is 2.36. The Morgan fingerprint density at radius 3 is 2.71 bits per heavy atom. The van der Waals surface area contributed by atoms with Gasteiger partial charge in [0.1, 0.15) is 18.8 Å². The van der Waals surface area contributed by atoms with Crippen molar-refractivity contribution in [3.8, 4) is 11.5 Å². The Morgan fingerprint density at radius 2 is 2.10 bits per heavy atom. The number of rotatable bonds is 7. The molecule has 1 aromatic heterocycles. The summed E-state index contributed by atoms with van der Waals surface area (Å²) in [6.07, 6.45) is 1.13. The zero-order chi connectivity index (χ0) is 22.8. The van der Waals surface area contributed by atoms with Crippen molar-refractivity contribution in [3.63, 3.8) is 0 Å². The summed E-state index contributed by atoms with van der Waals surface area (Å²) in [5.74, 6) is 1.21. The summed E-state index contributed by atoms with van der Waals surface area (Å²) < 4.78 is 17.7. The lowest BCUT2D eigenvalue weighted by molar-refractivity contribution is -0.148. The number of carbonyl (C=O) groups is 3. The van der Waals surface area contributed by atoms with Gasteiger partial charge in [-0.1, -0.05) is 6.07 Å². The van der Waals surface area contributed by atoms with Gasteiger partial charge in [0, 0.05) is 20.0 Å². The maximum absolute atomic E-state index is 12.7. The lowest BCUT2D eigenvalue weighted by Crippen LogP contribution is -2.52. The van der Waals surface area contributed by atoms with Gasteiger partial charge >= 0.3 is 0 Å². The van der Waals surface area contributed by atoms with Crippen molar-refractivity contribution in [1.29, 1.82) is 0 Å². The number of amides is 2. The molecule has 0 radical (unpaired) electrons. The lowest BCUT2D eigenvalue weighted by Gasteiger charge is -2.32. The Labute approximate surface area is 178 Å². The van der Waals surface area contributed by atoms with Crippen LogP contribution in [0, 0.1) is 0 Å². The van der Waals surface area contributed by atoms with Gasteiger partial charge in [-0.25, -0.2) is 4.98 Å². The fourth-order valence-electron chi connectivity index (χ4n) is 3.03. The first kappa shape index (κ1) is 23.6. The Morgan fingerprint density at radius 1 is 1.39 bits per heavy atom. The van der Waals surface area contributed by atoms with Gasteiger partial charge in [0.15, 0.2) is 17.6 Å². The van der Waals surface area contributed by atoms with E-state index in [1.54, 1.807) is 29.9 Å². The van der Waals surface area contributed by atoms with Crippen molar-refractivity contribution in [2.75, 3.05) is 27.4 Å². The van der Waals surface area contributed by atoms with E-state index in [2.05, 4.69) is 20.7 Å². The van der Waals surface area contributed by atoms with Crippen molar-refractivity contribution < 1.29 is 33.7 Å². The molecule has 2 atom stereocenters. The molecule has 1 fully saturated rings. The van der Waals surface area contributed by atoms with E-state index in [9.17, 15) is 9.59 Å². The summed E-state index contributed by atoms with van der Waals surface area (Å²) in [6, 6.07) is 4.56. The van der Waals surface area contributed by atoms with E-state index in [0.717, 1.165) is 5.82 Å². The van der Waals surface area contributed by atoms with E-state index >= 15 is 0 Å². The third-order valence-electron chi connectivity index (χ3n) is 4.49. The molecule has 0 bridgehead atoms. The van der Waals surface area contributed by atoms with Crippen LogP contribution in [0.2, 0.25) is 0 Å². The lowest BCUT2D eigenvalue weighted by atomic mass is 9.98. The highest BCUT2D eigenvalue weighted by Crippen LogP contribution is 2.32. The van der Waals surface area contributed by atoms with E-state index < -0.39 is 12.1 Å². The van der Waals surface area contributed by atoms with Gasteiger partial charge in [0.05, 0.1) is 20.3 Å². The number of hydrogen-bond acceptors (Lipinski definition) is 8. The van der Waals surface area contributed by atoms with Crippen LogP contribution in [-0.4, -0.2) is 71.6 Å². The normalized spacial score (nSPS) is 17.6. The second-order valence-corrected chi connectivity index (χ2v) is 6.34. The minimum atomic E-state index is -0.865. The van der Waals surface area contributed by atoms with Crippen LogP contribution in [0.4, 0.5) is 0 Å². The molecule has 1 aliphatic rings. The number of nitrogens with zero attached hydrogens (tertiary/aromatic N) is 3. The number of hydrogen-bond donors (Lipinski definition) is 3. The molecule has 0 saturated carbocycles. The van der Waals surface area contributed by atoms with Gasteiger partial charge in [-0.05, 0) is 17.7 Å². The first-order chi connectivity index (χ1) is 14.9. The third kappa shape index (κ3) is 6.15. The monoisotopic (exact) mass is 435 g/mol. The first-order valence-electron chi connectivity index (χ1n) is 9.26. The maximum Gasteiger partial charge on any atom is 0.290 e. The summed E-state index contributed by atoms with van der Waals surface area (Å²) in [5, 5.41) is 16.5. The summed E-state index contributed by atoms with van der Waals surface area (Å²) in [6.45, 7) is -0.0526. The van der Waals surface area contributed by atoms with Crippen molar-refractivity contribution in [2.24, 2.45) is 7.05 Å². The van der Waals surface area contributed by atoms with Gasteiger partial charge < -0.3 is 30.0 Å². The highest BCUT2D eigenvalue weighted by molar-refractivity contribution is 5.86. The molecule has 3 rings (SSSR count). The van der Waals surface area contributed by atoms with E-state index in [1.165, 1.54) is 20.5 Å². The zero-order valence-electron chi connectivity index (χ0n) is 17.4. The molecule has 0 aliphatic carbocycles. The van der Waals surface area contributed by atoms with Crippen LogP contribution < -0.4 is 20.1 Å². The van der Waals surface area contributed by atoms with Gasteiger partial charge in [0.2, 0.25) is 5.91 Å². The minimum Gasteiger partial charge on any atom is -0.493 e. The van der Waals surface area contributed by atoms with Crippen molar-refractivity contribution in [1.82, 2.24) is 25.4 Å². The maximum atomic E-state index is 12.7. The van der Waals surface area contributed by atoms with Crippen molar-refractivity contribution in [2.45, 2.75) is 18.6 Å². The van der Waals surface area contributed by atoms with Crippen molar-refractivity contribution >= 4 is 18.3 Å². The number of aryl methyl sites for hydroxylation is 1. The minimum absolute atomic E-state index is 0.175. The topological polar surface area (TPSA) is 154 Å². The van der Waals surface area contributed by atoms with Crippen LogP contribution in [0.15, 0.2) is 24.5 Å². The summed E-state index contributed by atoms with van der Waals surface area (Å²) in [5.41, 5.74) is 0.680. The first-order valence-corrected chi connectivity index (χ1v) is 9.26. The number of carbonyl (C=O) groups excluding carboxylic acids is 2. The van der Waals surface area contributed by atoms with Crippen LogP contribution in [0.5, 0.6) is 11.5 Å². The van der Waals surface area contributed by atoms with Gasteiger partial charge in [0.25, 0.3) is 12.4 Å². The Hall–Kier alpha value is -3.67. The predicted octanol–water partition coefficient (Wildman–Crippen LogP) is -0.552. The average molecular weight is 435 g/mol. The Bertz CT molecular complexity index is 902. The van der Waals surface area contributed by atoms with Crippen LogP contribution in [0.3, 0.4) is 0 Å².